The van der Waals surface area contributed by atoms with E-state index in [-0.39, 0.29) is 0 Å². The first kappa shape index (κ1) is 19.7. The first-order valence-corrected chi connectivity index (χ1v) is 11.2. The number of aromatic nitrogens is 7. The van der Waals surface area contributed by atoms with E-state index >= 15 is 0 Å². The number of hydrogen-bond donors (Lipinski definition) is 2. The maximum Gasteiger partial charge on any atom is 0.165 e. The van der Waals surface area contributed by atoms with E-state index in [1.165, 1.54) is 0 Å². The van der Waals surface area contributed by atoms with Crippen molar-refractivity contribution in [2.45, 2.75) is 18.8 Å². The number of aryl methyl sites for hydroxylation is 1. The Balaban J connectivity index is 1.41. The molecule has 0 saturated carbocycles. The number of anilines is 2. The van der Waals surface area contributed by atoms with E-state index in [0.29, 0.717) is 5.92 Å². The first-order chi connectivity index (χ1) is 16.2. The molecule has 0 aliphatic carbocycles. The monoisotopic (exact) mass is 439 g/mol. The van der Waals surface area contributed by atoms with E-state index in [1.807, 2.05) is 40.9 Å². The molecule has 1 aliphatic heterocycles. The second kappa shape index (κ2) is 8.18. The molecule has 5 heterocycles. The van der Waals surface area contributed by atoms with Crippen LogP contribution in [0.3, 0.4) is 0 Å². The van der Waals surface area contributed by atoms with E-state index in [4.69, 9.17) is 4.98 Å². The van der Waals surface area contributed by atoms with Gasteiger partial charge in [-0.1, -0.05) is 0 Å². The largest absolute Gasteiger partial charge is 0.340 e. The summed E-state index contributed by atoms with van der Waals surface area (Å²) in [5.41, 5.74) is 5.95. The lowest BCUT2D eigenvalue weighted by Gasteiger charge is -2.23. The number of hydrogen-bond acceptors (Lipinski definition) is 6. The van der Waals surface area contributed by atoms with Crippen molar-refractivity contribution >= 4 is 17.2 Å². The van der Waals surface area contributed by atoms with Crippen molar-refractivity contribution in [3.8, 4) is 16.8 Å². The van der Waals surface area contributed by atoms with Crippen LogP contribution in [0.25, 0.3) is 22.5 Å². The van der Waals surface area contributed by atoms with Crippen LogP contribution in [0.4, 0.5) is 11.5 Å². The topological polar surface area (TPSA) is 89.9 Å². The zero-order valence-corrected chi connectivity index (χ0v) is 18.4. The average Bonchev–Trinajstić information content (AvgIpc) is 3.61. The van der Waals surface area contributed by atoms with E-state index in [0.717, 1.165) is 65.6 Å². The number of imidazole rings is 1. The van der Waals surface area contributed by atoms with Gasteiger partial charge < -0.3 is 15.2 Å². The van der Waals surface area contributed by atoms with Crippen molar-refractivity contribution < 1.29 is 0 Å². The molecule has 1 aromatic carbocycles. The fourth-order valence-corrected chi connectivity index (χ4v) is 4.42. The van der Waals surface area contributed by atoms with Gasteiger partial charge in [-0.15, -0.1) is 0 Å². The van der Waals surface area contributed by atoms with Crippen LogP contribution in [0.15, 0.2) is 67.6 Å². The Bertz CT molecular complexity index is 1370. The van der Waals surface area contributed by atoms with Gasteiger partial charge in [0, 0.05) is 66.7 Å². The molecule has 0 amide bonds. The molecule has 1 fully saturated rings. The van der Waals surface area contributed by atoms with Crippen molar-refractivity contribution in [3.63, 3.8) is 0 Å². The summed E-state index contributed by atoms with van der Waals surface area (Å²) in [6.07, 6.45) is 13.5. The highest BCUT2D eigenvalue weighted by molar-refractivity contribution is 5.78. The van der Waals surface area contributed by atoms with Gasteiger partial charge in [0.25, 0.3) is 0 Å². The summed E-state index contributed by atoms with van der Waals surface area (Å²) >= 11 is 0. The van der Waals surface area contributed by atoms with Crippen LogP contribution < -0.4 is 10.6 Å². The lowest BCUT2D eigenvalue weighted by Crippen LogP contribution is -2.29. The Hall–Kier alpha value is -3.98. The number of piperidine rings is 1. The van der Waals surface area contributed by atoms with Crippen LogP contribution in [0.2, 0.25) is 0 Å². The lowest BCUT2D eigenvalue weighted by molar-refractivity contribution is 0.455. The molecule has 166 valence electrons. The van der Waals surface area contributed by atoms with Crippen LogP contribution in [-0.4, -0.2) is 47.0 Å². The fourth-order valence-electron chi connectivity index (χ4n) is 4.42. The first-order valence-electron chi connectivity index (χ1n) is 11.2. The molecule has 1 saturated heterocycles. The maximum absolute atomic E-state index is 5.07. The number of nitrogens with zero attached hydrogens (tertiary/aromatic N) is 7. The molecular formula is C24H25N9. The Morgan fingerprint density at radius 3 is 2.76 bits per heavy atom. The fraction of sp³-hybridized carbons (Fsp3) is 0.250. The summed E-state index contributed by atoms with van der Waals surface area (Å²) in [5.74, 6) is 1.27. The van der Waals surface area contributed by atoms with Gasteiger partial charge in [-0.25, -0.2) is 9.97 Å². The molecular weight excluding hydrogens is 414 g/mol. The molecule has 6 rings (SSSR count). The molecule has 2 N–H and O–H groups in total. The molecule has 0 spiro atoms. The van der Waals surface area contributed by atoms with Gasteiger partial charge >= 0.3 is 0 Å². The molecule has 0 radical (unpaired) electrons. The number of benzene rings is 1. The highest BCUT2D eigenvalue weighted by Gasteiger charge is 2.21. The Kier molecular flexibility index (Phi) is 4.88. The van der Waals surface area contributed by atoms with Crippen molar-refractivity contribution in [3.05, 3.63) is 73.3 Å². The highest BCUT2D eigenvalue weighted by Crippen LogP contribution is 2.30. The summed E-state index contributed by atoms with van der Waals surface area (Å²) in [6, 6.07) is 10.4. The number of nitrogens with one attached hydrogen (secondary N) is 2. The van der Waals surface area contributed by atoms with Crippen LogP contribution in [0.1, 0.15) is 24.5 Å². The van der Waals surface area contributed by atoms with Gasteiger partial charge in [0.05, 0.1) is 24.4 Å². The van der Waals surface area contributed by atoms with Gasteiger partial charge in [0.15, 0.2) is 5.65 Å². The summed E-state index contributed by atoms with van der Waals surface area (Å²) in [6.45, 7) is 2.01. The van der Waals surface area contributed by atoms with Crippen LogP contribution >= 0.6 is 0 Å². The summed E-state index contributed by atoms with van der Waals surface area (Å²) < 4.78 is 5.66. The third-order valence-corrected chi connectivity index (χ3v) is 6.16. The normalized spacial score (nSPS) is 16.3. The maximum atomic E-state index is 5.07. The van der Waals surface area contributed by atoms with E-state index in [2.05, 4.69) is 56.1 Å². The molecule has 4 aromatic heterocycles. The molecule has 33 heavy (non-hydrogen) atoms. The van der Waals surface area contributed by atoms with Crippen molar-refractivity contribution in [1.82, 2.24) is 39.2 Å². The van der Waals surface area contributed by atoms with E-state index in [9.17, 15) is 0 Å². The average molecular weight is 440 g/mol. The SMILES string of the molecule is Cn1cc(-c2cnn3c(Nc4ccc(-n5ccnc5)cc4)cc(C4CCCNC4)nc23)cn1. The smallest absolute Gasteiger partial charge is 0.165 e. The third kappa shape index (κ3) is 3.76. The quantitative estimate of drug-likeness (QED) is 0.436. The van der Waals surface area contributed by atoms with Crippen LogP contribution in [0, 0.1) is 0 Å². The van der Waals surface area contributed by atoms with Gasteiger partial charge in [-0.2, -0.15) is 14.7 Å². The van der Waals surface area contributed by atoms with Gasteiger partial charge in [-0.05, 0) is 43.7 Å². The molecule has 9 nitrogen and oxygen atoms in total. The zero-order valence-electron chi connectivity index (χ0n) is 18.4. The second-order valence-electron chi connectivity index (χ2n) is 8.45. The van der Waals surface area contributed by atoms with Gasteiger partial charge in [-0.3, -0.25) is 4.68 Å². The summed E-state index contributed by atoms with van der Waals surface area (Å²) in [4.78, 5) is 9.19. The second-order valence-corrected chi connectivity index (χ2v) is 8.45. The minimum Gasteiger partial charge on any atom is -0.340 e. The minimum absolute atomic E-state index is 0.379. The van der Waals surface area contributed by atoms with Crippen LogP contribution in [-0.2, 0) is 7.05 Å². The lowest BCUT2D eigenvalue weighted by atomic mass is 9.96. The van der Waals surface area contributed by atoms with Gasteiger partial charge in [0.2, 0.25) is 0 Å². The zero-order chi connectivity index (χ0) is 22.2. The molecule has 1 atom stereocenters. The van der Waals surface area contributed by atoms with Crippen molar-refractivity contribution in [1.29, 1.82) is 0 Å². The standard InChI is InChI=1S/C24H25N9/c1-31-15-18(13-27-31)21-14-28-33-23(11-22(30-24(21)33)17-3-2-8-25-12-17)29-19-4-6-20(7-5-19)32-10-9-26-16-32/h4-7,9-11,13-17,25,29H,2-3,8,12H2,1H3. The Labute approximate surface area is 191 Å². The molecule has 1 unspecified atom stereocenters. The van der Waals surface area contributed by atoms with E-state index in [1.54, 1.807) is 17.2 Å². The molecule has 5 aromatic rings. The summed E-state index contributed by atoms with van der Waals surface area (Å²) in [7, 11) is 1.92. The minimum atomic E-state index is 0.379. The molecule has 9 heteroatoms. The van der Waals surface area contributed by atoms with Crippen molar-refractivity contribution in [2.24, 2.45) is 7.05 Å². The van der Waals surface area contributed by atoms with Crippen molar-refractivity contribution in [2.75, 3.05) is 18.4 Å². The summed E-state index contributed by atoms with van der Waals surface area (Å²) in [5, 5.41) is 16.1. The van der Waals surface area contributed by atoms with Gasteiger partial charge in [0.1, 0.15) is 5.82 Å². The predicted octanol–water partition coefficient (Wildman–Crippen LogP) is 3.53. The highest BCUT2D eigenvalue weighted by atomic mass is 15.3. The third-order valence-electron chi connectivity index (χ3n) is 6.16. The number of fused-ring (bicyclic) bond motifs is 1. The molecule has 1 aliphatic rings. The Morgan fingerprint density at radius 1 is 1.12 bits per heavy atom. The predicted molar refractivity (Wildman–Crippen MR) is 127 cm³/mol. The number of rotatable bonds is 5. The Morgan fingerprint density at radius 2 is 2.03 bits per heavy atom. The molecule has 0 bridgehead atoms. The van der Waals surface area contributed by atoms with E-state index < -0.39 is 0 Å². The van der Waals surface area contributed by atoms with Crippen LogP contribution in [0.5, 0.6) is 0 Å².